The number of hydrogen-bond donors (Lipinski definition) is 2. The fraction of sp³-hybridized carbons (Fsp3) is 0.0667. The zero-order valence-electron chi connectivity index (χ0n) is 10.6. The molecule has 1 aliphatic rings. The summed E-state index contributed by atoms with van der Waals surface area (Å²) in [5.74, 6) is 1.07. The molecule has 4 nitrogen and oxygen atoms in total. The lowest BCUT2D eigenvalue weighted by atomic mass is 10.2. The van der Waals surface area contributed by atoms with Crippen molar-refractivity contribution < 1.29 is 5.12 Å². The van der Waals surface area contributed by atoms with Crippen molar-refractivity contribution in [2.75, 3.05) is 12.1 Å². The summed E-state index contributed by atoms with van der Waals surface area (Å²) < 4.78 is 0. The average molecular weight is 250 g/mol. The lowest BCUT2D eigenvalue weighted by Crippen LogP contribution is -3.08. The standard InChI is InChI=1S/C15H14N4/c1-18-15-14(12-9-5-6-10-13(12)16-15)17-19(18)11-7-3-2-4-8-11/h2-10,16,19H,1H3. The summed E-state index contributed by atoms with van der Waals surface area (Å²) in [6.07, 6.45) is 0. The molecule has 0 radical (unpaired) electrons. The molecule has 1 atom stereocenters. The monoisotopic (exact) mass is 250 g/mol. The highest BCUT2D eigenvalue weighted by atomic mass is 15.8. The Morgan fingerprint density at radius 2 is 1.74 bits per heavy atom. The molecule has 0 saturated heterocycles. The van der Waals surface area contributed by atoms with E-state index in [1.54, 1.807) is 0 Å². The van der Waals surface area contributed by atoms with Crippen molar-refractivity contribution in [1.82, 2.24) is 4.98 Å². The Balaban J connectivity index is 1.82. The molecule has 0 bridgehead atoms. The Bertz CT molecular complexity index is 732. The molecule has 0 saturated carbocycles. The van der Waals surface area contributed by atoms with Gasteiger partial charge in [-0.05, 0) is 17.1 Å². The molecule has 0 fully saturated rings. The van der Waals surface area contributed by atoms with Crippen molar-refractivity contribution in [3.8, 4) is 0 Å². The second kappa shape index (κ2) is 3.76. The van der Waals surface area contributed by atoms with Gasteiger partial charge in [0.2, 0.25) is 0 Å². The van der Waals surface area contributed by atoms with Crippen LogP contribution in [0.5, 0.6) is 0 Å². The Morgan fingerprint density at radius 3 is 2.58 bits per heavy atom. The topological polar surface area (TPSA) is 37.6 Å². The van der Waals surface area contributed by atoms with Gasteiger partial charge < -0.3 is 10.4 Å². The zero-order valence-corrected chi connectivity index (χ0v) is 10.6. The van der Waals surface area contributed by atoms with Crippen LogP contribution in [0.3, 0.4) is 0 Å². The third-order valence-corrected chi connectivity index (χ3v) is 3.56. The number of nitrogens with one attached hydrogen (secondary N) is 2. The maximum atomic E-state index is 4.80. The van der Waals surface area contributed by atoms with Gasteiger partial charge in [-0.2, -0.15) is 0 Å². The summed E-state index contributed by atoms with van der Waals surface area (Å²) in [6, 6.07) is 18.5. The van der Waals surface area contributed by atoms with E-state index in [2.05, 4.69) is 34.3 Å². The van der Waals surface area contributed by atoms with E-state index in [1.165, 1.54) is 5.39 Å². The number of nitrogens with zero attached hydrogens (tertiary/aromatic N) is 2. The minimum absolute atomic E-state index is 0.993. The molecule has 2 heterocycles. The molecule has 0 spiro atoms. The Morgan fingerprint density at radius 1 is 1.00 bits per heavy atom. The normalized spacial score (nSPS) is 17.5. The van der Waals surface area contributed by atoms with Gasteiger partial charge in [-0.3, -0.25) is 0 Å². The summed E-state index contributed by atoms with van der Waals surface area (Å²) in [6.45, 7) is 0. The van der Waals surface area contributed by atoms with Gasteiger partial charge in [0.05, 0.1) is 7.05 Å². The summed E-state index contributed by atoms with van der Waals surface area (Å²) in [5, 5.41) is 4.29. The predicted octanol–water partition coefficient (Wildman–Crippen LogP) is 2.67. The summed E-state index contributed by atoms with van der Waals surface area (Å²) in [4.78, 5) is 3.44. The van der Waals surface area contributed by atoms with E-state index in [-0.39, 0.29) is 0 Å². The molecule has 19 heavy (non-hydrogen) atoms. The second-order valence-corrected chi connectivity index (χ2v) is 4.73. The molecule has 1 aliphatic heterocycles. The number of rotatable bonds is 1. The van der Waals surface area contributed by atoms with Crippen molar-refractivity contribution >= 4 is 28.1 Å². The van der Waals surface area contributed by atoms with E-state index < -0.39 is 0 Å². The maximum absolute atomic E-state index is 4.80. The lowest BCUT2D eigenvalue weighted by Gasteiger charge is -2.29. The smallest absolute Gasteiger partial charge is 0.150 e. The van der Waals surface area contributed by atoms with Crippen LogP contribution < -0.4 is 10.1 Å². The minimum atomic E-state index is 0.993. The fourth-order valence-electron chi connectivity index (χ4n) is 2.60. The van der Waals surface area contributed by atoms with Gasteiger partial charge >= 0.3 is 0 Å². The van der Waals surface area contributed by atoms with E-state index in [0.717, 1.165) is 27.8 Å². The van der Waals surface area contributed by atoms with Gasteiger partial charge in [0, 0.05) is 17.6 Å². The van der Waals surface area contributed by atoms with E-state index in [4.69, 9.17) is 5.43 Å². The fourth-order valence-corrected chi connectivity index (χ4v) is 2.60. The van der Waals surface area contributed by atoms with Crippen LogP contribution in [0.1, 0.15) is 0 Å². The number of aromatic amines is 1. The Kier molecular flexibility index (Phi) is 2.07. The van der Waals surface area contributed by atoms with E-state index in [9.17, 15) is 0 Å². The highest BCUT2D eigenvalue weighted by Gasteiger charge is 2.24. The van der Waals surface area contributed by atoms with Crippen LogP contribution in [-0.4, -0.2) is 12.0 Å². The Hall–Kier alpha value is -2.46. The van der Waals surface area contributed by atoms with E-state index >= 15 is 0 Å². The zero-order chi connectivity index (χ0) is 12.8. The number of aromatic nitrogens is 1. The Labute approximate surface area is 111 Å². The molecule has 0 aliphatic carbocycles. The largest absolute Gasteiger partial charge is 0.452 e. The highest BCUT2D eigenvalue weighted by Crippen LogP contribution is 2.40. The van der Waals surface area contributed by atoms with Crippen LogP contribution in [0.2, 0.25) is 0 Å². The average Bonchev–Trinajstić information content (AvgIpc) is 2.98. The predicted molar refractivity (Wildman–Crippen MR) is 76.8 cm³/mol. The van der Waals surface area contributed by atoms with Gasteiger partial charge in [0.1, 0.15) is 5.82 Å². The van der Waals surface area contributed by atoms with Gasteiger partial charge in [-0.25, -0.2) is 10.1 Å². The van der Waals surface area contributed by atoms with E-state index in [1.807, 2.05) is 37.4 Å². The number of anilines is 1. The first-order chi connectivity index (χ1) is 9.34. The van der Waals surface area contributed by atoms with Crippen molar-refractivity contribution in [1.29, 1.82) is 0 Å². The molecule has 2 N–H and O–H groups in total. The number of benzene rings is 2. The quantitative estimate of drug-likeness (QED) is 0.684. The van der Waals surface area contributed by atoms with Crippen molar-refractivity contribution in [3.05, 3.63) is 60.0 Å². The van der Waals surface area contributed by atoms with Crippen molar-refractivity contribution in [2.45, 2.75) is 0 Å². The minimum Gasteiger partial charge on any atom is -0.452 e. The maximum Gasteiger partial charge on any atom is 0.150 e. The number of para-hydroxylation sites is 1. The number of H-pyrrole nitrogens is 1. The van der Waals surface area contributed by atoms with Gasteiger partial charge in [-0.1, -0.05) is 36.4 Å². The van der Waals surface area contributed by atoms with E-state index in [0.29, 0.717) is 0 Å². The molecule has 0 amide bonds. The molecule has 4 heteroatoms. The van der Waals surface area contributed by atoms with Gasteiger partial charge in [-0.15, -0.1) is 0 Å². The number of quaternary nitrogens is 1. The van der Waals surface area contributed by atoms with Crippen LogP contribution in [0.25, 0.3) is 16.3 Å². The van der Waals surface area contributed by atoms with Gasteiger partial charge in [0.25, 0.3) is 0 Å². The SMILES string of the molecule is CN1c2[nH]c3ccccc3c2[N-][NH+]1c1ccccc1. The van der Waals surface area contributed by atoms with Crippen LogP contribution in [0.4, 0.5) is 17.2 Å². The first kappa shape index (κ1) is 10.5. The van der Waals surface area contributed by atoms with Gasteiger partial charge in [0.15, 0.2) is 5.69 Å². The first-order valence-corrected chi connectivity index (χ1v) is 6.33. The summed E-state index contributed by atoms with van der Waals surface area (Å²) in [7, 11) is 2.05. The third-order valence-electron chi connectivity index (χ3n) is 3.56. The number of hydrogen-bond acceptors (Lipinski definition) is 1. The molecule has 2 aromatic carbocycles. The van der Waals surface area contributed by atoms with Crippen LogP contribution >= 0.6 is 0 Å². The summed E-state index contributed by atoms with van der Waals surface area (Å²) in [5.41, 5.74) is 8.11. The number of fused-ring (bicyclic) bond motifs is 3. The third kappa shape index (κ3) is 1.44. The molecule has 4 rings (SSSR count). The molecule has 1 unspecified atom stereocenters. The molecular formula is C15H14N4. The lowest BCUT2D eigenvalue weighted by molar-refractivity contribution is -0.791. The highest BCUT2D eigenvalue weighted by molar-refractivity contribution is 6.01. The van der Waals surface area contributed by atoms with Crippen LogP contribution in [0.15, 0.2) is 54.6 Å². The molecular weight excluding hydrogens is 236 g/mol. The summed E-state index contributed by atoms with van der Waals surface area (Å²) >= 11 is 0. The molecule has 94 valence electrons. The molecule has 1 aromatic heterocycles. The van der Waals surface area contributed by atoms with Crippen molar-refractivity contribution in [3.63, 3.8) is 0 Å². The second-order valence-electron chi connectivity index (χ2n) is 4.73. The van der Waals surface area contributed by atoms with Crippen LogP contribution in [0, 0.1) is 0 Å². The van der Waals surface area contributed by atoms with Crippen LogP contribution in [-0.2, 0) is 0 Å². The molecule has 3 aromatic rings. The first-order valence-electron chi connectivity index (χ1n) is 6.33. The van der Waals surface area contributed by atoms with Crippen molar-refractivity contribution in [2.24, 2.45) is 0 Å².